The Balaban J connectivity index is 1.86. The van der Waals surface area contributed by atoms with Crippen molar-refractivity contribution in [1.29, 1.82) is 0 Å². The zero-order valence-electron chi connectivity index (χ0n) is 14.5. The van der Waals surface area contributed by atoms with Gasteiger partial charge in [-0.05, 0) is 0 Å². The van der Waals surface area contributed by atoms with E-state index in [2.05, 4.69) is 73.9 Å². The number of hydrogen-bond acceptors (Lipinski definition) is 0. The summed E-state index contributed by atoms with van der Waals surface area (Å²) in [6.07, 6.45) is 7.04. The van der Waals surface area contributed by atoms with Gasteiger partial charge in [0.1, 0.15) is 0 Å². The first kappa shape index (κ1) is 15.0. The van der Waals surface area contributed by atoms with Gasteiger partial charge in [-0.2, -0.15) is 0 Å². The Morgan fingerprint density at radius 2 is 1.13 bits per heavy atom. The molecular weight excluding hydrogens is 337 g/mol. The van der Waals surface area contributed by atoms with Crippen molar-refractivity contribution in [2.75, 3.05) is 0 Å². The molecule has 0 unspecified atom stereocenters. The average Bonchev–Trinajstić information content (AvgIpc) is 3.06. The summed E-state index contributed by atoms with van der Waals surface area (Å²) >= 11 is -2.30. The summed E-state index contributed by atoms with van der Waals surface area (Å²) in [6.45, 7) is 4.52. The zero-order chi connectivity index (χ0) is 16.2. The Hall–Kier alpha value is -1.54. The van der Waals surface area contributed by atoms with Crippen LogP contribution in [0.4, 0.5) is 0 Å². The van der Waals surface area contributed by atoms with Crippen LogP contribution in [0.25, 0.3) is 12.2 Å². The van der Waals surface area contributed by atoms with Crippen molar-refractivity contribution in [2.24, 2.45) is 0 Å². The van der Waals surface area contributed by atoms with Gasteiger partial charge in [0.15, 0.2) is 0 Å². The normalized spacial score (nSPS) is 16.0. The molecule has 2 aliphatic carbocycles. The van der Waals surface area contributed by atoms with Crippen molar-refractivity contribution in [2.45, 2.75) is 38.2 Å². The fraction of sp³-hybridized carbons (Fsp3) is 0.273. The molecule has 4 rings (SSSR count). The molecule has 2 aromatic rings. The monoisotopic (exact) mass is 362 g/mol. The number of fused-ring (bicyclic) bond motifs is 2. The van der Waals surface area contributed by atoms with Gasteiger partial charge in [0.05, 0.1) is 0 Å². The minimum absolute atomic E-state index is 1.15. The molecule has 23 heavy (non-hydrogen) atoms. The molecule has 0 heterocycles. The van der Waals surface area contributed by atoms with E-state index < -0.39 is 13.3 Å². The molecule has 0 nitrogen and oxygen atoms in total. The maximum atomic E-state index is 2.58. The summed E-state index contributed by atoms with van der Waals surface area (Å²) in [5.74, 6) is 5.15. The molecular formula is C22H24Ge. The van der Waals surface area contributed by atoms with Crippen LogP contribution in [0.2, 0.25) is 11.5 Å². The molecule has 0 radical (unpaired) electrons. The fourth-order valence-corrected chi connectivity index (χ4v) is 11.3. The predicted octanol–water partition coefficient (Wildman–Crippen LogP) is 4.43. The summed E-state index contributed by atoms with van der Waals surface area (Å²) in [6, 6.07) is 13.9. The average molecular weight is 361 g/mol. The molecule has 0 bridgehead atoms. The van der Waals surface area contributed by atoms with Crippen LogP contribution < -0.4 is 8.79 Å². The van der Waals surface area contributed by atoms with Crippen LogP contribution in [-0.2, 0) is 12.8 Å². The molecule has 0 fully saturated rings. The van der Waals surface area contributed by atoms with Gasteiger partial charge in [-0.3, -0.25) is 0 Å². The fourth-order valence-electron chi connectivity index (χ4n) is 4.38. The molecule has 0 saturated heterocycles. The number of benzene rings is 2. The van der Waals surface area contributed by atoms with Crippen LogP contribution in [0.5, 0.6) is 0 Å². The second-order valence-corrected chi connectivity index (χ2v) is 16.8. The van der Waals surface area contributed by atoms with Gasteiger partial charge >= 0.3 is 142 Å². The minimum atomic E-state index is -2.30. The Bertz CT molecular complexity index is 794. The first-order chi connectivity index (χ1) is 11.0. The van der Waals surface area contributed by atoms with E-state index in [4.69, 9.17) is 0 Å². The third-order valence-electron chi connectivity index (χ3n) is 5.49. The van der Waals surface area contributed by atoms with Gasteiger partial charge in [0.2, 0.25) is 0 Å². The van der Waals surface area contributed by atoms with E-state index in [1.165, 1.54) is 22.3 Å². The molecule has 0 aliphatic heterocycles. The van der Waals surface area contributed by atoms with Gasteiger partial charge < -0.3 is 0 Å². The SMILES string of the molecule is CC1=Cc2ccc[c]([Ge]([CH3])([CH3])[c]3cccc4c3CC(C)=C4)c2C1. The van der Waals surface area contributed by atoms with E-state index >= 15 is 0 Å². The van der Waals surface area contributed by atoms with Gasteiger partial charge in [0.25, 0.3) is 0 Å². The van der Waals surface area contributed by atoms with E-state index in [1.807, 2.05) is 0 Å². The molecule has 0 N–H and O–H groups in total. The van der Waals surface area contributed by atoms with Crippen LogP contribution in [0.1, 0.15) is 36.1 Å². The maximum absolute atomic E-state index is 2.58. The first-order valence-corrected chi connectivity index (χ1v) is 14.9. The molecule has 2 aliphatic rings. The van der Waals surface area contributed by atoms with Crippen LogP contribution in [0.15, 0.2) is 47.5 Å². The standard InChI is InChI=1S/C22H24Ge/c1-15-11-17-7-5-9-21(19(17)13-15)23(3,4)22-10-6-8-18-12-16(2)14-20(18)22/h5-12H,13-14H2,1-4H3. The van der Waals surface area contributed by atoms with Crippen molar-refractivity contribution >= 4 is 34.2 Å². The van der Waals surface area contributed by atoms with Gasteiger partial charge in [-0.1, -0.05) is 0 Å². The molecule has 1 heteroatoms. The summed E-state index contributed by atoms with van der Waals surface area (Å²) in [5.41, 5.74) is 9.13. The summed E-state index contributed by atoms with van der Waals surface area (Å²) in [7, 11) is 0. The molecule has 0 aromatic heterocycles. The van der Waals surface area contributed by atoms with E-state index in [-0.39, 0.29) is 0 Å². The van der Waals surface area contributed by atoms with E-state index in [9.17, 15) is 0 Å². The molecule has 0 spiro atoms. The predicted molar refractivity (Wildman–Crippen MR) is 104 cm³/mol. The molecule has 116 valence electrons. The zero-order valence-corrected chi connectivity index (χ0v) is 16.6. The molecule has 0 amide bonds. The van der Waals surface area contributed by atoms with E-state index in [0.717, 1.165) is 12.8 Å². The summed E-state index contributed by atoms with van der Waals surface area (Å²) in [5, 5.41) is 0. The van der Waals surface area contributed by atoms with Crippen molar-refractivity contribution in [1.82, 2.24) is 0 Å². The third-order valence-corrected chi connectivity index (χ3v) is 13.1. The van der Waals surface area contributed by atoms with Crippen LogP contribution in [-0.4, -0.2) is 13.3 Å². The Labute approximate surface area is 142 Å². The number of rotatable bonds is 2. The summed E-state index contributed by atoms with van der Waals surface area (Å²) < 4.78 is 3.35. The van der Waals surface area contributed by atoms with Crippen molar-refractivity contribution in [3.05, 3.63) is 69.8 Å². The molecule has 0 saturated carbocycles. The van der Waals surface area contributed by atoms with Crippen LogP contribution >= 0.6 is 0 Å². The van der Waals surface area contributed by atoms with Crippen LogP contribution in [0, 0.1) is 0 Å². The van der Waals surface area contributed by atoms with Crippen LogP contribution in [0.3, 0.4) is 0 Å². The van der Waals surface area contributed by atoms with E-state index in [0.29, 0.717) is 0 Å². The van der Waals surface area contributed by atoms with Gasteiger partial charge in [-0.25, -0.2) is 0 Å². The topological polar surface area (TPSA) is 0 Å². The van der Waals surface area contributed by atoms with Crippen molar-refractivity contribution in [3.8, 4) is 0 Å². The third kappa shape index (κ3) is 2.35. The summed E-state index contributed by atoms with van der Waals surface area (Å²) in [4.78, 5) is 0. The molecule has 0 atom stereocenters. The van der Waals surface area contributed by atoms with Gasteiger partial charge in [-0.15, -0.1) is 0 Å². The van der Waals surface area contributed by atoms with Crippen molar-refractivity contribution < 1.29 is 0 Å². The molecule has 2 aromatic carbocycles. The second kappa shape index (κ2) is 5.24. The Kier molecular flexibility index (Phi) is 3.42. The number of allylic oxidation sites excluding steroid dienone is 2. The van der Waals surface area contributed by atoms with Gasteiger partial charge in [0, 0.05) is 0 Å². The van der Waals surface area contributed by atoms with Crippen molar-refractivity contribution in [3.63, 3.8) is 0 Å². The second-order valence-electron chi connectivity index (χ2n) is 7.71. The quantitative estimate of drug-likeness (QED) is 0.695. The Morgan fingerprint density at radius 3 is 1.57 bits per heavy atom. The number of hydrogen-bond donors (Lipinski definition) is 0. The Morgan fingerprint density at radius 1 is 0.696 bits per heavy atom. The van der Waals surface area contributed by atoms with E-state index in [1.54, 1.807) is 19.9 Å². The first-order valence-electron chi connectivity index (χ1n) is 8.56.